The number of rotatable bonds is 7. The SMILES string of the molecule is COCCS(=O)(=O)Nc1ccc(CN2CCC[C@H](C)C2)cc1. The molecule has 1 atom stereocenters. The highest BCUT2D eigenvalue weighted by Gasteiger charge is 2.16. The molecular weight excluding hydrogens is 300 g/mol. The molecule has 0 spiro atoms. The minimum absolute atomic E-state index is 0.0308. The van der Waals surface area contributed by atoms with Crippen molar-refractivity contribution in [1.82, 2.24) is 4.90 Å². The molecule has 1 N–H and O–H groups in total. The topological polar surface area (TPSA) is 58.6 Å². The van der Waals surface area contributed by atoms with E-state index in [0.29, 0.717) is 5.69 Å². The van der Waals surface area contributed by atoms with Gasteiger partial charge in [-0.2, -0.15) is 0 Å². The molecule has 0 aliphatic carbocycles. The average Bonchev–Trinajstić information content (AvgIpc) is 2.47. The van der Waals surface area contributed by atoms with Gasteiger partial charge in [0.15, 0.2) is 0 Å². The summed E-state index contributed by atoms with van der Waals surface area (Å²) < 4.78 is 31.0. The van der Waals surface area contributed by atoms with E-state index in [-0.39, 0.29) is 12.4 Å². The Kier molecular flexibility index (Phi) is 6.23. The van der Waals surface area contributed by atoms with Crippen LogP contribution in [0.3, 0.4) is 0 Å². The number of sulfonamides is 1. The summed E-state index contributed by atoms with van der Waals surface area (Å²) in [7, 11) is -1.84. The molecule has 0 aromatic heterocycles. The van der Waals surface area contributed by atoms with E-state index in [1.807, 2.05) is 24.3 Å². The molecule has 1 aliphatic rings. The zero-order chi connectivity index (χ0) is 16.0. The summed E-state index contributed by atoms with van der Waals surface area (Å²) in [5.74, 6) is 0.734. The first-order chi connectivity index (χ1) is 10.5. The van der Waals surface area contributed by atoms with Crippen LogP contribution in [0.2, 0.25) is 0 Å². The summed E-state index contributed by atoms with van der Waals surface area (Å²) in [6.45, 7) is 5.72. The summed E-state index contributed by atoms with van der Waals surface area (Å²) in [6, 6.07) is 7.64. The number of nitrogens with one attached hydrogen (secondary N) is 1. The van der Waals surface area contributed by atoms with Crippen molar-refractivity contribution in [2.75, 3.05) is 37.3 Å². The fourth-order valence-electron chi connectivity index (χ4n) is 2.79. The molecule has 0 radical (unpaired) electrons. The standard InChI is InChI=1S/C16H26N2O3S/c1-14-4-3-9-18(12-14)13-15-5-7-16(8-6-15)17-22(19,20)11-10-21-2/h5-8,14,17H,3-4,9-13H2,1-2H3/t14-/m0/s1. The quantitative estimate of drug-likeness (QED) is 0.835. The first-order valence-corrected chi connectivity index (χ1v) is 9.44. The van der Waals surface area contributed by atoms with Crippen molar-refractivity contribution in [3.8, 4) is 0 Å². The Balaban J connectivity index is 1.90. The highest BCUT2D eigenvalue weighted by Crippen LogP contribution is 2.19. The first-order valence-electron chi connectivity index (χ1n) is 7.79. The minimum atomic E-state index is -3.33. The molecule has 0 bridgehead atoms. The van der Waals surface area contributed by atoms with Gasteiger partial charge in [0.25, 0.3) is 0 Å². The maximum Gasteiger partial charge on any atom is 0.234 e. The Morgan fingerprint density at radius 1 is 1.32 bits per heavy atom. The number of anilines is 1. The van der Waals surface area contributed by atoms with Gasteiger partial charge in [-0.15, -0.1) is 0 Å². The number of piperidine rings is 1. The zero-order valence-electron chi connectivity index (χ0n) is 13.4. The lowest BCUT2D eigenvalue weighted by molar-refractivity contribution is 0.176. The Hall–Kier alpha value is -1.11. The van der Waals surface area contributed by atoms with E-state index >= 15 is 0 Å². The van der Waals surface area contributed by atoms with Gasteiger partial charge in [-0.25, -0.2) is 8.42 Å². The maximum absolute atomic E-state index is 11.8. The number of methoxy groups -OCH3 is 1. The monoisotopic (exact) mass is 326 g/mol. The predicted octanol–water partition coefficient (Wildman–Crippen LogP) is 2.31. The van der Waals surface area contributed by atoms with Gasteiger partial charge in [0.2, 0.25) is 10.0 Å². The van der Waals surface area contributed by atoms with E-state index < -0.39 is 10.0 Å². The number of likely N-dealkylation sites (tertiary alicyclic amines) is 1. The van der Waals surface area contributed by atoms with Crippen molar-refractivity contribution in [3.05, 3.63) is 29.8 Å². The van der Waals surface area contributed by atoms with Gasteiger partial charge in [0, 0.05) is 25.9 Å². The summed E-state index contributed by atoms with van der Waals surface area (Å²) in [5.41, 5.74) is 1.82. The molecule has 0 amide bonds. The van der Waals surface area contributed by atoms with E-state index in [9.17, 15) is 8.42 Å². The van der Waals surface area contributed by atoms with Crippen molar-refractivity contribution in [3.63, 3.8) is 0 Å². The predicted molar refractivity (Wildman–Crippen MR) is 89.4 cm³/mol. The van der Waals surface area contributed by atoms with Crippen LogP contribution in [0.25, 0.3) is 0 Å². The number of hydrogen-bond donors (Lipinski definition) is 1. The molecule has 6 heteroatoms. The number of hydrogen-bond acceptors (Lipinski definition) is 4. The van der Waals surface area contributed by atoms with Gasteiger partial charge in [-0.05, 0) is 43.0 Å². The van der Waals surface area contributed by atoms with Gasteiger partial charge < -0.3 is 4.74 Å². The molecule has 124 valence electrons. The molecule has 1 saturated heterocycles. The molecule has 1 aromatic carbocycles. The van der Waals surface area contributed by atoms with Crippen LogP contribution in [0.4, 0.5) is 5.69 Å². The normalized spacial score (nSPS) is 20.0. The Labute approximate surface area is 133 Å². The van der Waals surface area contributed by atoms with Crippen molar-refractivity contribution in [2.24, 2.45) is 5.92 Å². The summed E-state index contributed by atoms with van der Waals surface area (Å²) >= 11 is 0. The van der Waals surface area contributed by atoms with E-state index in [2.05, 4.69) is 16.5 Å². The Morgan fingerprint density at radius 3 is 2.68 bits per heavy atom. The average molecular weight is 326 g/mol. The second-order valence-corrected chi connectivity index (χ2v) is 7.94. The molecule has 1 fully saturated rings. The molecule has 1 heterocycles. The molecule has 0 unspecified atom stereocenters. The number of benzene rings is 1. The van der Waals surface area contributed by atoms with Crippen molar-refractivity contribution >= 4 is 15.7 Å². The second-order valence-electron chi connectivity index (χ2n) is 6.09. The molecular formula is C16H26N2O3S. The smallest absolute Gasteiger partial charge is 0.234 e. The number of ether oxygens (including phenoxy) is 1. The first kappa shape index (κ1) is 17.2. The highest BCUT2D eigenvalue weighted by atomic mass is 32.2. The fraction of sp³-hybridized carbons (Fsp3) is 0.625. The van der Waals surface area contributed by atoms with Crippen LogP contribution in [0, 0.1) is 5.92 Å². The summed E-state index contributed by atoms with van der Waals surface area (Å²) in [4.78, 5) is 2.46. The van der Waals surface area contributed by atoms with E-state index in [1.54, 1.807) is 0 Å². The molecule has 0 saturated carbocycles. The van der Waals surface area contributed by atoms with Crippen LogP contribution in [0.5, 0.6) is 0 Å². The second kappa shape index (κ2) is 7.94. The summed E-state index contributed by atoms with van der Waals surface area (Å²) in [5, 5.41) is 0. The zero-order valence-corrected chi connectivity index (χ0v) is 14.2. The van der Waals surface area contributed by atoms with Crippen LogP contribution in [-0.4, -0.2) is 45.9 Å². The fourth-order valence-corrected chi connectivity index (χ4v) is 3.77. The third-order valence-electron chi connectivity index (χ3n) is 3.93. The summed E-state index contributed by atoms with van der Waals surface area (Å²) in [6.07, 6.45) is 2.58. The molecule has 1 aliphatic heterocycles. The molecule has 22 heavy (non-hydrogen) atoms. The van der Waals surface area contributed by atoms with Crippen LogP contribution in [-0.2, 0) is 21.3 Å². The van der Waals surface area contributed by atoms with Crippen LogP contribution >= 0.6 is 0 Å². The largest absolute Gasteiger partial charge is 0.384 e. The lowest BCUT2D eigenvalue weighted by Crippen LogP contribution is -2.33. The Bertz CT molecular complexity index is 557. The van der Waals surface area contributed by atoms with E-state index in [4.69, 9.17) is 4.74 Å². The highest BCUT2D eigenvalue weighted by molar-refractivity contribution is 7.92. The van der Waals surface area contributed by atoms with Crippen molar-refractivity contribution < 1.29 is 13.2 Å². The van der Waals surface area contributed by atoms with Gasteiger partial charge in [-0.3, -0.25) is 9.62 Å². The van der Waals surface area contributed by atoms with Crippen LogP contribution < -0.4 is 4.72 Å². The lowest BCUT2D eigenvalue weighted by Gasteiger charge is -2.30. The molecule has 2 rings (SSSR count). The van der Waals surface area contributed by atoms with E-state index in [0.717, 1.165) is 25.6 Å². The minimum Gasteiger partial charge on any atom is -0.384 e. The molecule has 1 aromatic rings. The van der Waals surface area contributed by atoms with Crippen molar-refractivity contribution in [2.45, 2.75) is 26.3 Å². The van der Waals surface area contributed by atoms with Crippen molar-refractivity contribution in [1.29, 1.82) is 0 Å². The van der Waals surface area contributed by atoms with Crippen LogP contribution in [0.1, 0.15) is 25.3 Å². The lowest BCUT2D eigenvalue weighted by atomic mass is 10.00. The van der Waals surface area contributed by atoms with Gasteiger partial charge >= 0.3 is 0 Å². The molecule has 5 nitrogen and oxygen atoms in total. The third-order valence-corrected chi connectivity index (χ3v) is 5.18. The van der Waals surface area contributed by atoms with Crippen LogP contribution in [0.15, 0.2) is 24.3 Å². The van der Waals surface area contributed by atoms with Gasteiger partial charge in [-0.1, -0.05) is 19.1 Å². The Morgan fingerprint density at radius 2 is 2.05 bits per heavy atom. The number of nitrogens with zero attached hydrogens (tertiary/aromatic N) is 1. The third kappa shape index (κ3) is 5.59. The van der Waals surface area contributed by atoms with Gasteiger partial charge in [0.05, 0.1) is 12.4 Å². The van der Waals surface area contributed by atoms with E-state index in [1.165, 1.54) is 25.5 Å². The maximum atomic E-state index is 11.8. The van der Waals surface area contributed by atoms with Gasteiger partial charge in [0.1, 0.15) is 0 Å².